The largest absolute Gasteiger partial charge is 0.465 e. The van der Waals surface area contributed by atoms with E-state index in [1.54, 1.807) is 0 Å². The lowest BCUT2D eigenvalue weighted by Gasteiger charge is -2.07. The second kappa shape index (κ2) is 7.06. The van der Waals surface area contributed by atoms with E-state index in [1.165, 1.54) is 30.2 Å². The summed E-state index contributed by atoms with van der Waals surface area (Å²) in [5.74, 6) is -0.418. The van der Waals surface area contributed by atoms with Gasteiger partial charge in [0.1, 0.15) is 9.88 Å². The fraction of sp³-hybridized carbons (Fsp3) is 0.214. The first-order valence-electron chi connectivity index (χ1n) is 6.10. The highest BCUT2D eigenvalue weighted by atomic mass is 35.5. The molecule has 0 saturated carbocycles. The molecule has 1 heterocycles. The van der Waals surface area contributed by atoms with Crippen LogP contribution in [0.3, 0.4) is 0 Å². The van der Waals surface area contributed by atoms with Gasteiger partial charge in [-0.15, -0.1) is 23.1 Å². The second-order valence-corrected chi connectivity index (χ2v) is 6.39. The summed E-state index contributed by atoms with van der Waals surface area (Å²) in [4.78, 5) is 13.0. The molecule has 0 bridgehead atoms. The number of methoxy groups -OCH3 is 1. The monoisotopic (exact) mass is 342 g/mol. The molecule has 2 aromatic rings. The van der Waals surface area contributed by atoms with Crippen LogP contribution in [0.25, 0.3) is 0 Å². The first-order chi connectivity index (χ1) is 10.1. The molecule has 3 N–H and O–H groups in total. The molecule has 112 valence electrons. The van der Waals surface area contributed by atoms with E-state index in [4.69, 9.17) is 22.1 Å². The molecule has 1 aromatic carbocycles. The van der Waals surface area contributed by atoms with Gasteiger partial charge in [0.15, 0.2) is 0 Å². The van der Waals surface area contributed by atoms with Crippen LogP contribution in [0.4, 0.5) is 10.7 Å². The van der Waals surface area contributed by atoms with Gasteiger partial charge in [-0.05, 0) is 17.9 Å². The number of benzene rings is 1. The number of halogens is 1. The van der Waals surface area contributed by atoms with Gasteiger partial charge >= 0.3 is 5.97 Å². The number of esters is 1. The van der Waals surface area contributed by atoms with Crippen LogP contribution in [0, 0.1) is 0 Å². The topological polar surface area (TPSA) is 64.3 Å². The zero-order valence-corrected chi connectivity index (χ0v) is 14.0. The summed E-state index contributed by atoms with van der Waals surface area (Å²) in [6.07, 6.45) is 1.92. The summed E-state index contributed by atoms with van der Waals surface area (Å²) in [6, 6.07) is 7.61. The van der Waals surface area contributed by atoms with Crippen molar-refractivity contribution in [2.45, 2.75) is 11.4 Å². The SMILES string of the molecule is COC(=O)c1sc(NCc2ccccc2Cl)c(SC)c1N. The van der Waals surface area contributed by atoms with Crippen LogP contribution < -0.4 is 11.1 Å². The standard InChI is InChI=1S/C14H15ClN2O2S2/c1-19-14(18)12-10(16)11(20-2)13(21-12)17-7-8-5-3-4-6-9(8)15/h3-6,17H,7,16H2,1-2H3. The molecule has 0 fully saturated rings. The van der Waals surface area contributed by atoms with Crippen molar-refractivity contribution in [3.8, 4) is 0 Å². The van der Waals surface area contributed by atoms with Gasteiger partial charge in [-0.2, -0.15) is 0 Å². The van der Waals surface area contributed by atoms with Crippen LogP contribution in [0.15, 0.2) is 29.2 Å². The minimum Gasteiger partial charge on any atom is -0.465 e. The molecule has 0 aliphatic heterocycles. The first-order valence-corrected chi connectivity index (χ1v) is 8.52. The Kier molecular flexibility index (Phi) is 5.39. The van der Waals surface area contributed by atoms with Gasteiger partial charge in [0.25, 0.3) is 0 Å². The molecule has 2 rings (SSSR count). The lowest BCUT2D eigenvalue weighted by atomic mass is 10.2. The number of carbonyl (C=O) groups excluding carboxylic acids is 1. The Labute approximate surface area is 136 Å². The maximum absolute atomic E-state index is 11.7. The molecule has 4 nitrogen and oxygen atoms in total. The number of nitrogens with two attached hydrogens (primary N) is 1. The number of rotatable bonds is 5. The van der Waals surface area contributed by atoms with Crippen LogP contribution in [0.1, 0.15) is 15.2 Å². The Morgan fingerprint density at radius 2 is 2.19 bits per heavy atom. The Balaban J connectivity index is 2.24. The summed E-state index contributed by atoms with van der Waals surface area (Å²) < 4.78 is 4.75. The summed E-state index contributed by atoms with van der Waals surface area (Å²) in [5.41, 5.74) is 7.46. The normalized spacial score (nSPS) is 10.4. The van der Waals surface area contributed by atoms with E-state index in [0.29, 0.717) is 22.1 Å². The number of hydrogen-bond acceptors (Lipinski definition) is 6. The van der Waals surface area contributed by atoms with Gasteiger partial charge in [-0.1, -0.05) is 29.8 Å². The number of ether oxygens (including phenoxy) is 1. The molecule has 21 heavy (non-hydrogen) atoms. The summed E-state index contributed by atoms with van der Waals surface area (Å²) >= 11 is 8.92. The molecule has 0 amide bonds. The van der Waals surface area contributed by atoms with Crippen LogP contribution in [0.5, 0.6) is 0 Å². The minimum absolute atomic E-state index is 0.418. The van der Waals surface area contributed by atoms with Gasteiger partial charge in [0.2, 0.25) is 0 Å². The van der Waals surface area contributed by atoms with E-state index in [1.807, 2.05) is 30.5 Å². The molecule has 0 saturated heterocycles. The number of thioether (sulfide) groups is 1. The fourth-order valence-electron chi connectivity index (χ4n) is 1.81. The number of anilines is 2. The van der Waals surface area contributed by atoms with E-state index in [9.17, 15) is 4.79 Å². The minimum atomic E-state index is -0.418. The molecule has 0 atom stereocenters. The van der Waals surface area contributed by atoms with Gasteiger partial charge in [0, 0.05) is 11.6 Å². The van der Waals surface area contributed by atoms with Crippen molar-refractivity contribution in [3.05, 3.63) is 39.7 Å². The third kappa shape index (κ3) is 3.45. The van der Waals surface area contributed by atoms with Crippen LogP contribution in [0.2, 0.25) is 5.02 Å². The Hall–Kier alpha value is -1.37. The van der Waals surface area contributed by atoms with Crippen molar-refractivity contribution in [1.29, 1.82) is 0 Å². The van der Waals surface area contributed by atoms with Gasteiger partial charge in [-0.25, -0.2) is 4.79 Å². The molecular weight excluding hydrogens is 328 g/mol. The molecule has 0 unspecified atom stereocenters. The maximum atomic E-state index is 11.7. The van der Waals surface area contributed by atoms with Crippen molar-refractivity contribution in [2.24, 2.45) is 0 Å². The molecule has 0 radical (unpaired) electrons. The summed E-state index contributed by atoms with van der Waals surface area (Å²) in [5, 5.41) is 4.84. The Bertz CT molecular complexity index is 658. The van der Waals surface area contributed by atoms with Gasteiger partial charge < -0.3 is 15.8 Å². The fourth-order valence-corrected chi connectivity index (χ4v) is 3.96. The van der Waals surface area contributed by atoms with Crippen molar-refractivity contribution in [3.63, 3.8) is 0 Å². The van der Waals surface area contributed by atoms with Crippen LogP contribution in [-0.2, 0) is 11.3 Å². The van der Waals surface area contributed by atoms with Crippen LogP contribution in [-0.4, -0.2) is 19.3 Å². The van der Waals surface area contributed by atoms with E-state index in [-0.39, 0.29) is 0 Å². The predicted molar refractivity (Wildman–Crippen MR) is 90.6 cm³/mol. The smallest absolute Gasteiger partial charge is 0.350 e. The molecule has 0 aliphatic rings. The first kappa shape index (κ1) is 16.0. The quantitative estimate of drug-likeness (QED) is 0.632. The number of thiophene rings is 1. The zero-order valence-electron chi connectivity index (χ0n) is 11.6. The van der Waals surface area contributed by atoms with Gasteiger partial charge in [-0.3, -0.25) is 0 Å². The van der Waals surface area contributed by atoms with Crippen molar-refractivity contribution in [2.75, 3.05) is 24.4 Å². The number of carbonyl (C=O) groups is 1. The van der Waals surface area contributed by atoms with E-state index in [2.05, 4.69) is 5.32 Å². The van der Waals surface area contributed by atoms with Gasteiger partial charge in [0.05, 0.1) is 17.7 Å². The molecule has 0 spiro atoms. The predicted octanol–water partition coefficient (Wildman–Crippen LogP) is 4.10. The number of nitrogen functional groups attached to an aromatic ring is 1. The summed E-state index contributed by atoms with van der Waals surface area (Å²) in [6.45, 7) is 0.563. The maximum Gasteiger partial charge on any atom is 0.350 e. The van der Waals surface area contributed by atoms with Crippen molar-refractivity contribution < 1.29 is 9.53 Å². The highest BCUT2D eigenvalue weighted by molar-refractivity contribution is 7.99. The molecule has 7 heteroatoms. The average molecular weight is 343 g/mol. The number of nitrogens with one attached hydrogen (secondary N) is 1. The highest BCUT2D eigenvalue weighted by Crippen LogP contribution is 2.42. The van der Waals surface area contributed by atoms with Crippen molar-refractivity contribution in [1.82, 2.24) is 0 Å². The third-order valence-electron chi connectivity index (χ3n) is 2.87. The lowest BCUT2D eigenvalue weighted by Crippen LogP contribution is -2.01. The van der Waals surface area contributed by atoms with E-state index >= 15 is 0 Å². The van der Waals surface area contributed by atoms with Crippen LogP contribution >= 0.6 is 34.7 Å². The Morgan fingerprint density at radius 3 is 2.81 bits per heavy atom. The zero-order chi connectivity index (χ0) is 15.4. The Morgan fingerprint density at radius 1 is 1.48 bits per heavy atom. The third-order valence-corrected chi connectivity index (χ3v) is 5.35. The second-order valence-electron chi connectivity index (χ2n) is 4.14. The summed E-state index contributed by atoms with van der Waals surface area (Å²) in [7, 11) is 1.34. The molecule has 0 aliphatic carbocycles. The molecular formula is C14H15ClN2O2S2. The highest BCUT2D eigenvalue weighted by Gasteiger charge is 2.21. The van der Waals surface area contributed by atoms with E-state index < -0.39 is 5.97 Å². The number of hydrogen-bond donors (Lipinski definition) is 2. The van der Waals surface area contributed by atoms with E-state index in [0.717, 1.165) is 15.5 Å². The average Bonchev–Trinajstić information content (AvgIpc) is 2.81. The van der Waals surface area contributed by atoms with Crippen molar-refractivity contribution >= 4 is 51.4 Å². The lowest BCUT2D eigenvalue weighted by molar-refractivity contribution is 0.0607. The molecule has 1 aromatic heterocycles.